The average Bonchev–Trinajstić information content (AvgIpc) is 2.86. The fraction of sp³-hybridized carbons (Fsp3) is 0.571. The predicted octanol–water partition coefficient (Wildman–Crippen LogP) is 2.99. The summed E-state index contributed by atoms with van der Waals surface area (Å²) in [6.07, 6.45) is 3.37. The van der Waals surface area contributed by atoms with Crippen LogP contribution in [0, 0.1) is 0 Å². The molecular formula is C14H17BrO3. The number of rotatable bonds is 2. The van der Waals surface area contributed by atoms with E-state index in [9.17, 15) is 5.11 Å². The number of hydrogen-bond donors (Lipinski definition) is 1. The highest BCUT2D eigenvalue weighted by molar-refractivity contribution is 9.10. The molecule has 0 saturated carbocycles. The molecule has 1 N–H and O–H groups in total. The van der Waals surface area contributed by atoms with Gasteiger partial charge in [-0.15, -0.1) is 0 Å². The Balaban J connectivity index is 1.91. The number of aliphatic hydroxyl groups excluding tert-OH is 1. The molecule has 18 heavy (non-hydrogen) atoms. The van der Waals surface area contributed by atoms with Crippen molar-refractivity contribution < 1.29 is 14.6 Å². The molecule has 2 aliphatic heterocycles. The van der Waals surface area contributed by atoms with E-state index in [1.807, 2.05) is 6.07 Å². The van der Waals surface area contributed by atoms with Gasteiger partial charge in [-0.1, -0.05) is 15.9 Å². The molecule has 0 radical (unpaired) electrons. The van der Waals surface area contributed by atoms with Crippen LogP contribution in [0.4, 0.5) is 0 Å². The third-order valence-electron chi connectivity index (χ3n) is 3.66. The Kier molecular flexibility index (Phi) is 3.59. The van der Waals surface area contributed by atoms with E-state index in [0.717, 1.165) is 48.1 Å². The van der Waals surface area contributed by atoms with Gasteiger partial charge in [0.2, 0.25) is 0 Å². The predicted molar refractivity (Wildman–Crippen MR) is 71.9 cm³/mol. The fourth-order valence-corrected chi connectivity index (χ4v) is 3.26. The first-order chi connectivity index (χ1) is 8.75. The molecule has 1 aromatic rings. The van der Waals surface area contributed by atoms with Gasteiger partial charge in [-0.05, 0) is 37.0 Å². The Labute approximate surface area is 115 Å². The van der Waals surface area contributed by atoms with Crippen molar-refractivity contribution in [3.05, 3.63) is 27.7 Å². The van der Waals surface area contributed by atoms with E-state index >= 15 is 0 Å². The topological polar surface area (TPSA) is 38.7 Å². The molecule has 2 atom stereocenters. The number of ether oxygens (including phenoxy) is 2. The van der Waals surface area contributed by atoms with Gasteiger partial charge in [-0.25, -0.2) is 0 Å². The Hall–Kier alpha value is -0.580. The molecule has 2 aliphatic rings. The lowest BCUT2D eigenvalue weighted by atomic mass is 9.96. The molecule has 1 aromatic carbocycles. The summed E-state index contributed by atoms with van der Waals surface area (Å²) < 4.78 is 12.3. The van der Waals surface area contributed by atoms with Gasteiger partial charge < -0.3 is 14.6 Å². The van der Waals surface area contributed by atoms with Gasteiger partial charge >= 0.3 is 0 Å². The maximum atomic E-state index is 10.5. The molecule has 1 saturated heterocycles. The molecule has 3 nitrogen and oxygen atoms in total. The SMILES string of the molecule is OC(c1cc(Br)cc2c1OCC2)C1CCCCO1. The minimum absolute atomic E-state index is 0.0960. The van der Waals surface area contributed by atoms with Crippen molar-refractivity contribution >= 4 is 15.9 Å². The van der Waals surface area contributed by atoms with E-state index in [-0.39, 0.29) is 6.10 Å². The summed E-state index contributed by atoms with van der Waals surface area (Å²) in [6.45, 7) is 1.45. The maximum Gasteiger partial charge on any atom is 0.128 e. The van der Waals surface area contributed by atoms with Crippen molar-refractivity contribution in [3.8, 4) is 5.75 Å². The number of halogens is 1. The second-order valence-electron chi connectivity index (χ2n) is 4.93. The first-order valence-electron chi connectivity index (χ1n) is 6.50. The standard InChI is InChI=1S/C14H17BrO3/c15-10-7-9-4-6-18-14(9)11(8-10)13(16)12-3-1-2-5-17-12/h7-8,12-13,16H,1-6H2. The molecular weight excluding hydrogens is 296 g/mol. The largest absolute Gasteiger partial charge is 0.493 e. The summed E-state index contributed by atoms with van der Waals surface area (Å²) in [6, 6.07) is 4.02. The highest BCUT2D eigenvalue weighted by atomic mass is 79.9. The van der Waals surface area contributed by atoms with E-state index in [2.05, 4.69) is 22.0 Å². The minimum Gasteiger partial charge on any atom is -0.493 e. The van der Waals surface area contributed by atoms with Crippen molar-refractivity contribution in [1.29, 1.82) is 0 Å². The van der Waals surface area contributed by atoms with Crippen molar-refractivity contribution in [3.63, 3.8) is 0 Å². The lowest BCUT2D eigenvalue weighted by Gasteiger charge is -2.28. The van der Waals surface area contributed by atoms with Crippen molar-refractivity contribution in [1.82, 2.24) is 0 Å². The van der Waals surface area contributed by atoms with Crippen LogP contribution in [0.5, 0.6) is 5.75 Å². The molecule has 0 spiro atoms. The molecule has 0 amide bonds. The third kappa shape index (κ3) is 2.29. The van der Waals surface area contributed by atoms with Crippen molar-refractivity contribution in [2.24, 2.45) is 0 Å². The van der Waals surface area contributed by atoms with Crippen LogP contribution in [0.2, 0.25) is 0 Å². The summed E-state index contributed by atoms with van der Waals surface area (Å²) in [4.78, 5) is 0. The molecule has 0 aliphatic carbocycles. The van der Waals surface area contributed by atoms with Crippen LogP contribution >= 0.6 is 15.9 Å². The molecule has 0 bridgehead atoms. The highest BCUT2D eigenvalue weighted by Crippen LogP contribution is 2.39. The van der Waals surface area contributed by atoms with E-state index in [1.54, 1.807) is 0 Å². The van der Waals surface area contributed by atoms with E-state index in [0.29, 0.717) is 6.61 Å². The number of aliphatic hydroxyl groups is 1. The zero-order valence-electron chi connectivity index (χ0n) is 10.2. The van der Waals surface area contributed by atoms with Crippen LogP contribution in [0.25, 0.3) is 0 Å². The fourth-order valence-electron chi connectivity index (χ4n) is 2.73. The van der Waals surface area contributed by atoms with Crippen molar-refractivity contribution in [2.45, 2.75) is 37.9 Å². The molecule has 98 valence electrons. The quantitative estimate of drug-likeness (QED) is 0.912. The molecule has 4 heteroatoms. The van der Waals surface area contributed by atoms with Gasteiger partial charge in [0.15, 0.2) is 0 Å². The van der Waals surface area contributed by atoms with Gasteiger partial charge in [0, 0.05) is 23.1 Å². The van der Waals surface area contributed by atoms with Gasteiger partial charge in [0.05, 0.1) is 12.7 Å². The second-order valence-corrected chi connectivity index (χ2v) is 5.85. The van der Waals surface area contributed by atoms with Crippen LogP contribution in [-0.2, 0) is 11.2 Å². The van der Waals surface area contributed by atoms with Crippen molar-refractivity contribution in [2.75, 3.05) is 13.2 Å². The van der Waals surface area contributed by atoms with Crippen LogP contribution in [-0.4, -0.2) is 24.4 Å². The van der Waals surface area contributed by atoms with Gasteiger partial charge in [0.25, 0.3) is 0 Å². The molecule has 0 aromatic heterocycles. The normalized spacial score (nSPS) is 24.4. The summed E-state index contributed by atoms with van der Waals surface area (Å²) in [5.74, 6) is 0.861. The average molecular weight is 313 g/mol. The van der Waals surface area contributed by atoms with E-state index in [4.69, 9.17) is 9.47 Å². The third-order valence-corrected chi connectivity index (χ3v) is 4.12. The lowest BCUT2D eigenvalue weighted by Crippen LogP contribution is -2.26. The summed E-state index contributed by atoms with van der Waals surface area (Å²) in [5, 5.41) is 10.5. The molecule has 2 unspecified atom stereocenters. The Morgan fingerprint density at radius 1 is 1.28 bits per heavy atom. The smallest absolute Gasteiger partial charge is 0.128 e. The number of fused-ring (bicyclic) bond motifs is 1. The highest BCUT2D eigenvalue weighted by Gasteiger charge is 2.29. The minimum atomic E-state index is -0.588. The van der Waals surface area contributed by atoms with Crippen LogP contribution in [0.1, 0.15) is 36.5 Å². The Morgan fingerprint density at radius 3 is 2.94 bits per heavy atom. The first-order valence-corrected chi connectivity index (χ1v) is 7.30. The summed E-state index contributed by atoms with van der Waals surface area (Å²) in [5.41, 5.74) is 2.04. The zero-order valence-corrected chi connectivity index (χ0v) is 11.8. The van der Waals surface area contributed by atoms with Gasteiger partial charge in [-0.3, -0.25) is 0 Å². The van der Waals surface area contributed by atoms with E-state index in [1.165, 1.54) is 5.56 Å². The molecule has 2 heterocycles. The maximum absolute atomic E-state index is 10.5. The van der Waals surface area contributed by atoms with Crippen LogP contribution < -0.4 is 4.74 Å². The summed E-state index contributed by atoms with van der Waals surface area (Å²) >= 11 is 3.50. The Morgan fingerprint density at radius 2 is 2.17 bits per heavy atom. The monoisotopic (exact) mass is 312 g/mol. The second kappa shape index (κ2) is 5.19. The molecule has 1 fully saturated rings. The van der Waals surface area contributed by atoms with Gasteiger partial charge in [-0.2, -0.15) is 0 Å². The van der Waals surface area contributed by atoms with Crippen LogP contribution in [0.15, 0.2) is 16.6 Å². The van der Waals surface area contributed by atoms with E-state index < -0.39 is 6.10 Å². The van der Waals surface area contributed by atoms with Gasteiger partial charge in [0.1, 0.15) is 11.9 Å². The first kappa shape index (κ1) is 12.5. The molecule has 3 rings (SSSR count). The Bertz CT molecular complexity index is 441. The number of hydrogen-bond acceptors (Lipinski definition) is 3. The van der Waals surface area contributed by atoms with Crippen LogP contribution in [0.3, 0.4) is 0 Å². The number of benzene rings is 1. The zero-order chi connectivity index (χ0) is 12.5. The lowest BCUT2D eigenvalue weighted by molar-refractivity contribution is -0.0639. The summed E-state index contributed by atoms with van der Waals surface area (Å²) in [7, 11) is 0.